The number of nitrogens with zero attached hydrogens (tertiary/aromatic N) is 8. The van der Waals surface area contributed by atoms with Gasteiger partial charge in [0.15, 0.2) is 0 Å². The van der Waals surface area contributed by atoms with Crippen LogP contribution in [0.15, 0.2) is 61.2 Å². The van der Waals surface area contributed by atoms with Crippen LogP contribution in [0.25, 0.3) is 16.7 Å². The van der Waals surface area contributed by atoms with Crippen molar-refractivity contribution in [1.82, 2.24) is 35.1 Å². The molecule has 2 aliphatic rings. The van der Waals surface area contributed by atoms with Crippen LogP contribution in [-0.4, -0.2) is 80.6 Å². The van der Waals surface area contributed by atoms with Crippen LogP contribution in [0, 0.1) is 11.3 Å². The number of nitrogens with one attached hydrogen (secondary N) is 1. The van der Waals surface area contributed by atoms with E-state index in [9.17, 15) is 5.26 Å². The molecule has 2 aliphatic heterocycles. The maximum Gasteiger partial charge on any atom is 0.227 e. The van der Waals surface area contributed by atoms with Gasteiger partial charge in [-0.05, 0) is 64.7 Å². The molecular formula is C30H31N9O3. The average molecular weight is 566 g/mol. The van der Waals surface area contributed by atoms with E-state index in [1.54, 1.807) is 30.3 Å². The van der Waals surface area contributed by atoms with Gasteiger partial charge in [-0.2, -0.15) is 5.26 Å². The third-order valence-corrected chi connectivity index (χ3v) is 7.45. The largest absolute Gasteiger partial charge is 0.495 e. The van der Waals surface area contributed by atoms with Crippen LogP contribution in [0.5, 0.6) is 11.5 Å². The van der Waals surface area contributed by atoms with E-state index in [0.29, 0.717) is 35.6 Å². The van der Waals surface area contributed by atoms with Crippen molar-refractivity contribution in [2.45, 2.75) is 32.0 Å². The molecule has 1 saturated heterocycles. The SMILES string of the molecule is COc1ccc(C2=CCN(C3COC3)CC2)cc1Nc1ncc(-c2ccc(C#N)c(O[C@@H](C)Cn3cnnn3)c2)cn1. The summed E-state index contributed by atoms with van der Waals surface area (Å²) in [7, 11) is 1.65. The molecule has 12 nitrogen and oxygen atoms in total. The third-order valence-electron chi connectivity index (χ3n) is 7.45. The lowest BCUT2D eigenvalue weighted by molar-refractivity contribution is -0.0612. The molecule has 0 aliphatic carbocycles. The van der Waals surface area contributed by atoms with Crippen molar-refractivity contribution in [1.29, 1.82) is 5.26 Å². The predicted octanol–water partition coefficient (Wildman–Crippen LogP) is 3.71. The van der Waals surface area contributed by atoms with Crippen LogP contribution >= 0.6 is 0 Å². The molecule has 1 atom stereocenters. The highest BCUT2D eigenvalue weighted by molar-refractivity contribution is 5.74. The highest BCUT2D eigenvalue weighted by Crippen LogP contribution is 2.33. The van der Waals surface area contributed by atoms with Crippen molar-refractivity contribution in [2.24, 2.45) is 0 Å². The van der Waals surface area contributed by atoms with Gasteiger partial charge in [0.25, 0.3) is 0 Å². The number of rotatable bonds is 10. The van der Waals surface area contributed by atoms with Gasteiger partial charge in [-0.25, -0.2) is 14.6 Å². The monoisotopic (exact) mass is 565 g/mol. The summed E-state index contributed by atoms with van der Waals surface area (Å²) in [6.07, 6.45) is 8.03. The Morgan fingerprint density at radius 1 is 1.10 bits per heavy atom. The van der Waals surface area contributed by atoms with Crippen LogP contribution in [0.3, 0.4) is 0 Å². The standard InChI is InChI=1S/C30H31N9O3/c1-20(16-39-19-34-36-37-39)42-29-12-23(3-4-24(29)13-31)25-14-32-30(33-15-25)35-27-11-22(5-6-28(27)40-2)21-7-9-38(10-8-21)26-17-41-18-26/h3-7,11-12,14-15,19-20,26H,8-10,16-18H2,1-2H3,(H,32,33,35)/t20-/m0/s1. The molecular weight excluding hydrogens is 534 g/mol. The Morgan fingerprint density at radius 2 is 1.93 bits per heavy atom. The number of hydrogen-bond acceptors (Lipinski definition) is 11. The first-order chi connectivity index (χ1) is 20.6. The van der Waals surface area contributed by atoms with Crippen molar-refractivity contribution in [3.63, 3.8) is 0 Å². The molecule has 0 unspecified atom stereocenters. The minimum absolute atomic E-state index is 0.259. The summed E-state index contributed by atoms with van der Waals surface area (Å²) in [6, 6.07) is 14.3. The van der Waals surface area contributed by atoms with E-state index in [1.807, 2.05) is 25.1 Å². The fourth-order valence-electron chi connectivity index (χ4n) is 5.05. The molecule has 214 valence electrons. The fourth-order valence-corrected chi connectivity index (χ4v) is 5.05. The second-order valence-corrected chi connectivity index (χ2v) is 10.3. The number of ether oxygens (including phenoxy) is 3. The Balaban J connectivity index is 1.16. The number of benzene rings is 2. The Kier molecular flexibility index (Phi) is 8.02. The van der Waals surface area contributed by atoms with Crippen LogP contribution in [0.1, 0.15) is 24.5 Å². The van der Waals surface area contributed by atoms with E-state index in [1.165, 1.54) is 11.9 Å². The number of tetrazole rings is 1. The lowest BCUT2D eigenvalue weighted by Crippen LogP contribution is -2.50. The summed E-state index contributed by atoms with van der Waals surface area (Å²) in [6.45, 7) is 5.97. The molecule has 1 N–H and O–H groups in total. The summed E-state index contributed by atoms with van der Waals surface area (Å²) >= 11 is 0. The Bertz CT molecular complexity index is 1600. The molecule has 4 aromatic rings. The van der Waals surface area contributed by atoms with Gasteiger partial charge in [-0.1, -0.05) is 18.2 Å². The van der Waals surface area contributed by atoms with Crippen molar-refractivity contribution >= 4 is 17.2 Å². The molecule has 2 aromatic carbocycles. The van der Waals surface area contributed by atoms with Gasteiger partial charge >= 0.3 is 0 Å². The first-order valence-corrected chi connectivity index (χ1v) is 13.8. The molecule has 0 saturated carbocycles. The molecule has 0 amide bonds. The average Bonchev–Trinajstić information content (AvgIpc) is 3.50. The van der Waals surface area contributed by atoms with Gasteiger partial charge < -0.3 is 19.5 Å². The van der Waals surface area contributed by atoms with Gasteiger partial charge in [0, 0.05) is 31.0 Å². The maximum absolute atomic E-state index is 9.60. The maximum atomic E-state index is 9.60. The van der Waals surface area contributed by atoms with E-state index < -0.39 is 0 Å². The van der Waals surface area contributed by atoms with E-state index in [-0.39, 0.29) is 6.10 Å². The summed E-state index contributed by atoms with van der Waals surface area (Å²) in [5.74, 6) is 1.63. The van der Waals surface area contributed by atoms with Crippen LogP contribution < -0.4 is 14.8 Å². The summed E-state index contributed by atoms with van der Waals surface area (Å²) in [5, 5.41) is 24.1. The van der Waals surface area contributed by atoms with Crippen molar-refractivity contribution in [3.05, 3.63) is 72.3 Å². The number of nitriles is 1. The second-order valence-electron chi connectivity index (χ2n) is 10.3. The van der Waals surface area contributed by atoms with Crippen LogP contribution in [0.2, 0.25) is 0 Å². The van der Waals surface area contributed by atoms with Gasteiger partial charge in [0.2, 0.25) is 5.95 Å². The molecule has 12 heteroatoms. The summed E-state index contributed by atoms with van der Waals surface area (Å²) < 4.78 is 18.6. The van der Waals surface area contributed by atoms with Gasteiger partial charge in [-0.15, -0.1) is 5.10 Å². The lowest BCUT2D eigenvalue weighted by Gasteiger charge is -2.38. The zero-order chi connectivity index (χ0) is 28.9. The minimum Gasteiger partial charge on any atom is -0.495 e. The van der Waals surface area contributed by atoms with E-state index in [2.05, 4.69) is 60.0 Å². The number of methoxy groups -OCH3 is 1. The quantitative estimate of drug-likeness (QED) is 0.301. The van der Waals surface area contributed by atoms with Crippen LogP contribution in [-0.2, 0) is 11.3 Å². The van der Waals surface area contributed by atoms with E-state index in [4.69, 9.17) is 14.2 Å². The fraction of sp³-hybridized carbons (Fsp3) is 0.333. The van der Waals surface area contributed by atoms with Crippen molar-refractivity contribution < 1.29 is 14.2 Å². The Hall–Kier alpha value is -4.86. The zero-order valence-electron chi connectivity index (χ0n) is 23.5. The molecule has 6 rings (SSSR count). The summed E-state index contributed by atoms with van der Waals surface area (Å²) in [5.41, 5.74) is 5.32. The highest BCUT2D eigenvalue weighted by Gasteiger charge is 2.27. The van der Waals surface area contributed by atoms with Gasteiger partial charge in [0.05, 0.1) is 44.2 Å². The molecule has 0 spiro atoms. The van der Waals surface area contributed by atoms with E-state index in [0.717, 1.165) is 55.1 Å². The normalized spacial score (nSPS) is 16.2. The Morgan fingerprint density at radius 3 is 2.60 bits per heavy atom. The molecule has 1 fully saturated rings. The van der Waals surface area contributed by atoms with Gasteiger partial charge in [-0.3, -0.25) is 4.90 Å². The molecule has 42 heavy (non-hydrogen) atoms. The topological polar surface area (TPSA) is 136 Å². The van der Waals surface area contributed by atoms with Crippen LogP contribution in [0.4, 0.5) is 11.6 Å². The highest BCUT2D eigenvalue weighted by atomic mass is 16.5. The van der Waals surface area contributed by atoms with Crippen molar-refractivity contribution in [3.8, 4) is 28.7 Å². The number of hydrogen-bond donors (Lipinski definition) is 1. The zero-order valence-corrected chi connectivity index (χ0v) is 23.5. The predicted molar refractivity (Wildman–Crippen MR) is 155 cm³/mol. The molecule has 2 aromatic heterocycles. The number of aromatic nitrogens is 6. The second kappa shape index (κ2) is 12.3. The summed E-state index contributed by atoms with van der Waals surface area (Å²) in [4.78, 5) is 11.6. The Labute approximate surface area is 243 Å². The number of anilines is 2. The van der Waals surface area contributed by atoms with E-state index >= 15 is 0 Å². The molecule has 0 radical (unpaired) electrons. The first kappa shape index (κ1) is 27.3. The van der Waals surface area contributed by atoms with Crippen molar-refractivity contribution in [2.75, 3.05) is 38.7 Å². The van der Waals surface area contributed by atoms with Gasteiger partial charge in [0.1, 0.15) is 30.0 Å². The molecule has 0 bridgehead atoms. The minimum atomic E-state index is -0.259. The lowest BCUT2D eigenvalue weighted by atomic mass is 9.97. The third kappa shape index (κ3) is 6.07. The smallest absolute Gasteiger partial charge is 0.227 e. The molecule has 4 heterocycles. The first-order valence-electron chi connectivity index (χ1n) is 13.8.